The molecule has 2 N–H and O–H groups in total. The molecule has 0 fully saturated rings. The van der Waals surface area contributed by atoms with Gasteiger partial charge in [-0.25, -0.2) is 5.90 Å². The maximum Gasteiger partial charge on any atom is 0.0767 e. The van der Waals surface area contributed by atoms with E-state index in [0.29, 0.717) is 6.61 Å². The maximum atomic E-state index is 4.91. The van der Waals surface area contributed by atoms with Crippen LogP contribution in [0.1, 0.15) is 20.8 Å². The lowest BCUT2D eigenvalue weighted by Gasteiger charge is -2.22. The van der Waals surface area contributed by atoms with E-state index in [-0.39, 0.29) is 5.41 Å². The first kappa shape index (κ1) is 8.66. The number of nitrogens with two attached hydrogens (primary N) is 1. The van der Waals surface area contributed by atoms with Crippen molar-refractivity contribution in [2.24, 2.45) is 11.3 Å². The smallest absolute Gasteiger partial charge is 0.0767 e. The predicted octanol–water partition coefficient (Wildman–Crippen LogP) is 1.48. The van der Waals surface area contributed by atoms with Crippen LogP contribution in [0.15, 0.2) is 12.2 Å². The Morgan fingerprint density at radius 2 is 2.11 bits per heavy atom. The van der Waals surface area contributed by atoms with Gasteiger partial charge in [0.1, 0.15) is 0 Å². The lowest BCUT2D eigenvalue weighted by atomic mass is 9.87. The molecular weight excluding hydrogens is 114 g/mol. The molecule has 0 unspecified atom stereocenters. The third-order valence-corrected chi connectivity index (χ3v) is 1.60. The Balaban J connectivity index is 3.85. The molecule has 0 saturated carbocycles. The summed E-state index contributed by atoms with van der Waals surface area (Å²) in [6, 6.07) is 0. The average molecular weight is 129 g/mol. The highest BCUT2D eigenvalue weighted by atomic mass is 16.6. The summed E-state index contributed by atoms with van der Waals surface area (Å²) in [6.07, 6.45) is 0. The summed E-state index contributed by atoms with van der Waals surface area (Å²) in [7, 11) is 0. The molecule has 0 radical (unpaired) electrons. The first-order chi connectivity index (χ1) is 4.00. The third kappa shape index (κ3) is 2.63. The number of hydrogen-bond acceptors (Lipinski definition) is 2. The zero-order valence-electron chi connectivity index (χ0n) is 6.40. The molecule has 0 amide bonds. The van der Waals surface area contributed by atoms with E-state index in [4.69, 9.17) is 5.90 Å². The molecular formula is C7H15NO. The van der Waals surface area contributed by atoms with Crippen molar-refractivity contribution in [1.82, 2.24) is 0 Å². The molecule has 0 spiro atoms. The lowest BCUT2D eigenvalue weighted by Crippen LogP contribution is -2.22. The minimum absolute atomic E-state index is 0.00868. The SMILES string of the molecule is C=C(C)C(C)(C)CON. The second-order valence-electron chi connectivity index (χ2n) is 2.98. The van der Waals surface area contributed by atoms with Crippen molar-refractivity contribution in [3.05, 3.63) is 12.2 Å². The quantitative estimate of drug-likeness (QED) is 0.462. The average Bonchev–Trinajstić information content (AvgIpc) is 1.65. The Labute approximate surface area is 56.6 Å². The molecule has 0 aliphatic heterocycles. The summed E-state index contributed by atoms with van der Waals surface area (Å²) >= 11 is 0. The van der Waals surface area contributed by atoms with Gasteiger partial charge < -0.3 is 4.84 Å². The van der Waals surface area contributed by atoms with E-state index < -0.39 is 0 Å². The Morgan fingerprint density at radius 1 is 1.67 bits per heavy atom. The van der Waals surface area contributed by atoms with E-state index in [1.54, 1.807) is 0 Å². The van der Waals surface area contributed by atoms with Crippen LogP contribution in [0, 0.1) is 5.41 Å². The Bertz CT molecular complexity index is 107. The highest BCUT2D eigenvalue weighted by Crippen LogP contribution is 2.23. The van der Waals surface area contributed by atoms with Gasteiger partial charge in [-0.2, -0.15) is 0 Å². The molecule has 0 aromatic heterocycles. The van der Waals surface area contributed by atoms with Gasteiger partial charge in [0.25, 0.3) is 0 Å². The van der Waals surface area contributed by atoms with Crippen molar-refractivity contribution in [2.45, 2.75) is 20.8 Å². The minimum atomic E-state index is 0.00868. The summed E-state index contributed by atoms with van der Waals surface area (Å²) in [6.45, 7) is 10.4. The van der Waals surface area contributed by atoms with Crippen LogP contribution in [-0.4, -0.2) is 6.61 Å². The highest BCUT2D eigenvalue weighted by molar-refractivity contribution is 5.02. The van der Waals surface area contributed by atoms with Gasteiger partial charge in [0.2, 0.25) is 0 Å². The van der Waals surface area contributed by atoms with Crippen LogP contribution in [-0.2, 0) is 4.84 Å². The van der Waals surface area contributed by atoms with Crippen LogP contribution in [0.2, 0.25) is 0 Å². The van der Waals surface area contributed by atoms with Crippen LogP contribution in [0.5, 0.6) is 0 Å². The number of rotatable bonds is 3. The second kappa shape index (κ2) is 2.99. The minimum Gasteiger partial charge on any atom is -0.304 e. The second-order valence-corrected chi connectivity index (χ2v) is 2.98. The highest BCUT2D eigenvalue weighted by Gasteiger charge is 2.17. The van der Waals surface area contributed by atoms with Crippen LogP contribution in [0.4, 0.5) is 0 Å². The molecule has 0 rings (SSSR count). The van der Waals surface area contributed by atoms with Gasteiger partial charge in [0.05, 0.1) is 6.61 Å². The van der Waals surface area contributed by atoms with E-state index in [0.717, 1.165) is 5.57 Å². The normalized spacial score (nSPS) is 11.6. The summed E-state index contributed by atoms with van der Waals surface area (Å²) in [5.74, 6) is 4.91. The van der Waals surface area contributed by atoms with E-state index >= 15 is 0 Å². The van der Waals surface area contributed by atoms with E-state index in [1.165, 1.54) is 0 Å². The van der Waals surface area contributed by atoms with Crippen molar-refractivity contribution < 1.29 is 4.84 Å². The summed E-state index contributed by atoms with van der Waals surface area (Å²) in [5, 5.41) is 0. The molecule has 2 nitrogen and oxygen atoms in total. The summed E-state index contributed by atoms with van der Waals surface area (Å²) < 4.78 is 0. The predicted molar refractivity (Wildman–Crippen MR) is 38.7 cm³/mol. The van der Waals surface area contributed by atoms with Crippen LogP contribution in [0.3, 0.4) is 0 Å². The summed E-state index contributed by atoms with van der Waals surface area (Å²) in [5.41, 5.74) is 1.10. The summed E-state index contributed by atoms with van der Waals surface area (Å²) in [4.78, 5) is 4.51. The third-order valence-electron chi connectivity index (χ3n) is 1.60. The lowest BCUT2D eigenvalue weighted by molar-refractivity contribution is 0.0800. The topological polar surface area (TPSA) is 35.2 Å². The van der Waals surface area contributed by atoms with Crippen molar-refractivity contribution >= 4 is 0 Å². The fourth-order valence-electron chi connectivity index (χ4n) is 0.332. The van der Waals surface area contributed by atoms with Crippen LogP contribution in [0.25, 0.3) is 0 Å². The van der Waals surface area contributed by atoms with Crippen LogP contribution >= 0.6 is 0 Å². The zero-order chi connectivity index (χ0) is 7.49. The fraction of sp³-hybridized carbons (Fsp3) is 0.714. The number of hydrogen-bond donors (Lipinski definition) is 1. The molecule has 0 atom stereocenters. The molecule has 54 valence electrons. The zero-order valence-corrected chi connectivity index (χ0v) is 6.40. The molecule has 9 heavy (non-hydrogen) atoms. The maximum absolute atomic E-state index is 4.91. The molecule has 0 saturated heterocycles. The van der Waals surface area contributed by atoms with E-state index in [1.807, 2.05) is 20.8 Å². The standard InChI is InChI=1S/C7H15NO/c1-6(2)7(3,4)5-9-8/h1,5,8H2,2-4H3. The monoisotopic (exact) mass is 129 g/mol. The molecule has 2 heteroatoms. The Hall–Kier alpha value is -0.340. The van der Waals surface area contributed by atoms with Crippen molar-refractivity contribution in [1.29, 1.82) is 0 Å². The molecule has 0 aliphatic rings. The molecule has 0 bridgehead atoms. The van der Waals surface area contributed by atoms with Gasteiger partial charge in [-0.3, -0.25) is 0 Å². The van der Waals surface area contributed by atoms with Gasteiger partial charge in [0.15, 0.2) is 0 Å². The van der Waals surface area contributed by atoms with E-state index in [2.05, 4.69) is 11.4 Å². The van der Waals surface area contributed by atoms with E-state index in [9.17, 15) is 0 Å². The Morgan fingerprint density at radius 3 is 2.22 bits per heavy atom. The fourth-order valence-corrected chi connectivity index (χ4v) is 0.332. The van der Waals surface area contributed by atoms with Gasteiger partial charge in [0, 0.05) is 5.41 Å². The molecule has 0 aromatic rings. The van der Waals surface area contributed by atoms with Crippen molar-refractivity contribution in [3.8, 4) is 0 Å². The van der Waals surface area contributed by atoms with Gasteiger partial charge >= 0.3 is 0 Å². The Kier molecular flexibility index (Phi) is 2.88. The first-order valence-corrected chi connectivity index (χ1v) is 2.98. The first-order valence-electron chi connectivity index (χ1n) is 2.98. The largest absolute Gasteiger partial charge is 0.304 e. The van der Waals surface area contributed by atoms with Crippen LogP contribution < -0.4 is 5.90 Å². The van der Waals surface area contributed by atoms with Crippen molar-refractivity contribution in [3.63, 3.8) is 0 Å². The molecule has 0 heterocycles. The van der Waals surface area contributed by atoms with Gasteiger partial charge in [-0.05, 0) is 6.92 Å². The molecule has 0 aliphatic carbocycles. The van der Waals surface area contributed by atoms with Crippen molar-refractivity contribution in [2.75, 3.05) is 6.61 Å². The van der Waals surface area contributed by atoms with Gasteiger partial charge in [-0.15, -0.1) is 0 Å². The van der Waals surface area contributed by atoms with Gasteiger partial charge in [-0.1, -0.05) is 26.0 Å². The molecule has 0 aromatic carbocycles.